The van der Waals surface area contributed by atoms with E-state index in [9.17, 15) is 0 Å². The molecule has 0 spiro atoms. The fourth-order valence-electron chi connectivity index (χ4n) is 1.73. The maximum Gasteiger partial charge on any atom is 0.0245 e. The van der Waals surface area contributed by atoms with Crippen LogP contribution in [0.5, 0.6) is 0 Å². The lowest BCUT2D eigenvalue weighted by Crippen LogP contribution is -1.96. The molecule has 0 saturated heterocycles. The lowest BCUT2D eigenvalue weighted by atomic mass is 10.0. The van der Waals surface area contributed by atoms with Crippen LogP contribution >= 0.6 is 0 Å². The van der Waals surface area contributed by atoms with Crippen LogP contribution < -0.4 is 5.73 Å². The van der Waals surface area contributed by atoms with Crippen LogP contribution in [0, 0.1) is 11.8 Å². The fraction of sp³-hybridized carbons (Fsp3) is 0.176. The van der Waals surface area contributed by atoms with Crippen LogP contribution in [0.3, 0.4) is 0 Å². The van der Waals surface area contributed by atoms with Gasteiger partial charge in [-0.05, 0) is 36.2 Å². The molecule has 2 rings (SSSR count). The zero-order chi connectivity index (χ0) is 12.6. The van der Waals surface area contributed by atoms with Crippen molar-refractivity contribution in [3.05, 3.63) is 60.2 Å². The molecule has 0 heterocycles. The first-order chi connectivity index (χ1) is 8.90. The normalized spacial score (nSPS) is 9.61. The first kappa shape index (κ1) is 12.4. The molecule has 90 valence electrons. The first-order valence-electron chi connectivity index (χ1n) is 6.24. The number of hydrogen-bond donors (Lipinski definition) is 1. The summed E-state index contributed by atoms with van der Waals surface area (Å²) in [7, 11) is 0. The van der Waals surface area contributed by atoms with Gasteiger partial charge in [-0.15, -0.1) is 0 Å². The van der Waals surface area contributed by atoms with Crippen LogP contribution in [-0.4, -0.2) is 6.54 Å². The summed E-state index contributed by atoms with van der Waals surface area (Å²) >= 11 is 0. The van der Waals surface area contributed by atoms with E-state index in [1.54, 1.807) is 0 Å². The summed E-state index contributed by atoms with van der Waals surface area (Å²) in [6.45, 7) is 0.710. The van der Waals surface area contributed by atoms with Crippen molar-refractivity contribution in [2.45, 2.75) is 12.8 Å². The van der Waals surface area contributed by atoms with E-state index in [0.29, 0.717) is 6.54 Å². The van der Waals surface area contributed by atoms with Crippen molar-refractivity contribution in [2.24, 2.45) is 5.73 Å². The molecule has 2 aromatic carbocycles. The molecule has 0 fully saturated rings. The van der Waals surface area contributed by atoms with Crippen molar-refractivity contribution < 1.29 is 0 Å². The van der Waals surface area contributed by atoms with Gasteiger partial charge in [0.2, 0.25) is 0 Å². The van der Waals surface area contributed by atoms with E-state index in [1.807, 2.05) is 6.07 Å². The molecule has 1 nitrogen and oxygen atoms in total. The number of nitrogens with two attached hydrogens (primary N) is 1. The van der Waals surface area contributed by atoms with E-state index in [0.717, 1.165) is 18.4 Å². The van der Waals surface area contributed by atoms with Gasteiger partial charge in [0.25, 0.3) is 0 Å². The van der Waals surface area contributed by atoms with Crippen LogP contribution in [0.15, 0.2) is 54.6 Å². The standard InChI is InChI=1S/C17H17N/c18-14-6-2-3-7-15-10-12-17(13-11-15)16-8-4-1-5-9-16/h1,4-5,8-13H,2,6,14,18H2. The monoisotopic (exact) mass is 235 g/mol. The largest absolute Gasteiger partial charge is 0.330 e. The molecule has 0 aromatic heterocycles. The Morgan fingerprint density at radius 1 is 0.833 bits per heavy atom. The van der Waals surface area contributed by atoms with Gasteiger partial charge in [-0.25, -0.2) is 0 Å². The molecule has 0 bridgehead atoms. The Balaban J connectivity index is 2.08. The van der Waals surface area contributed by atoms with Gasteiger partial charge >= 0.3 is 0 Å². The van der Waals surface area contributed by atoms with Crippen molar-refractivity contribution in [1.29, 1.82) is 0 Å². The third-order valence-electron chi connectivity index (χ3n) is 2.73. The Labute approximate surface area is 109 Å². The molecule has 2 aromatic rings. The Hall–Kier alpha value is -2.04. The van der Waals surface area contributed by atoms with E-state index in [4.69, 9.17) is 5.73 Å². The highest BCUT2D eigenvalue weighted by Crippen LogP contribution is 2.18. The molecule has 0 radical (unpaired) electrons. The number of unbranched alkanes of at least 4 members (excludes halogenated alkanes) is 1. The van der Waals surface area contributed by atoms with Crippen LogP contribution in [0.4, 0.5) is 0 Å². The van der Waals surface area contributed by atoms with Gasteiger partial charge < -0.3 is 5.73 Å². The summed E-state index contributed by atoms with van der Waals surface area (Å²) < 4.78 is 0. The predicted octanol–water partition coefficient (Wildman–Crippen LogP) is 3.44. The van der Waals surface area contributed by atoms with Gasteiger partial charge in [-0.2, -0.15) is 0 Å². The minimum atomic E-state index is 0.710. The van der Waals surface area contributed by atoms with E-state index < -0.39 is 0 Å². The van der Waals surface area contributed by atoms with Crippen molar-refractivity contribution in [1.82, 2.24) is 0 Å². The third kappa shape index (κ3) is 3.48. The molecule has 0 atom stereocenters. The number of hydrogen-bond acceptors (Lipinski definition) is 1. The second-order valence-electron chi connectivity index (χ2n) is 4.14. The van der Waals surface area contributed by atoms with E-state index in [2.05, 4.69) is 60.4 Å². The van der Waals surface area contributed by atoms with Crippen LogP contribution in [0.1, 0.15) is 18.4 Å². The Kier molecular flexibility index (Phi) is 4.58. The van der Waals surface area contributed by atoms with E-state index >= 15 is 0 Å². The van der Waals surface area contributed by atoms with Gasteiger partial charge in [0, 0.05) is 12.0 Å². The minimum absolute atomic E-state index is 0.710. The summed E-state index contributed by atoms with van der Waals surface area (Å²) in [4.78, 5) is 0. The average Bonchev–Trinajstić information content (AvgIpc) is 2.45. The second-order valence-corrected chi connectivity index (χ2v) is 4.14. The lowest BCUT2D eigenvalue weighted by molar-refractivity contribution is 0.870. The zero-order valence-electron chi connectivity index (χ0n) is 10.4. The molecule has 1 heteroatoms. The zero-order valence-corrected chi connectivity index (χ0v) is 10.4. The highest BCUT2D eigenvalue weighted by molar-refractivity contribution is 5.64. The summed E-state index contributed by atoms with van der Waals surface area (Å²) in [6.07, 6.45) is 1.84. The van der Waals surface area contributed by atoms with Gasteiger partial charge in [-0.1, -0.05) is 54.3 Å². The third-order valence-corrected chi connectivity index (χ3v) is 2.73. The van der Waals surface area contributed by atoms with Crippen LogP contribution in [-0.2, 0) is 0 Å². The average molecular weight is 235 g/mol. The molecule has 18 heavy (non-hydrogen) atoms. The SMILES string of the molecule is NCCCC#Cc1ccc(-c2ccccc2)cc1. The smallest absolute Gasteiger partial charge is 0.0245 e. The molecule has 0 amide bonds. The first-order valence-corrected chi connectivity index (χ1v) is 6.24. The summed E-state index contributed by atoms with van der Waals surface area (Å²) in [5, 5.41) is 0. The number of rotatable bonds is 3. The van der Waals surface area contributed by atoms with Crippen molar-refractivity contribution in [2.75, 3.05) is 6.54 Å². The summed E-state index contributed by atoms with van der Waals surface area (Å²) in [5.41, 5.74) is 8.95. The van der Waals surface area contributed by atoms with Crippen molar-refractivity contribution in [3.8, 4) is 23.0 Å². The quantitative estimate of drug-likeness (QED) is 0.640. The van der Waals surface area contributed by atoms with Crippen LogP contribution in [0.25, 0.3) is 11.1 Å². The van der Waals surface area contributed by atoms with E-state index in [-0.39, 0.29) is 0 Å². The Morgan fingerprint density at radius 3 is 2.17 bits per heavy atom. The van der Waals surface area contributed by atoms with Gasteiger partial charge in [0.1, 0.15) is 0 Å². The molecule has 0 aliphatic carbocycles. The predicted molar refractivity (Wildman–Crippen MR) is 77.0 cm³/mol. The summed E-state index contributed by atoms with van der Waals surface area (Å²) in [5.74, 6) is 6.28. The highest BCUT2D eigenvalue weighted by Gasteiger charge is 1.95. The molecule has 0 aliphatic heterocycles. The molecule has 0 saturated carbocycles. The van der Waals surface area contributed by atoms with Gasteiger partial charge in [0.05, 0.1) is 0 Å². The van der Waals surface area contributed by atoms with Gasteiger partial charge in [-0.3, -0.25) is 0 Å². The molecular weight excluding hydrogens is 218 g/mol. The molecule has 2 N–H and O–H groups in total. The highest BCUT2D eigenvalue weighted by atomic mass is 14.5. The Bertz CT molecular complexity index is 529. The van der Waals surface area contributed by atoms with Crippen LogP contribution in [0.2, 0.25) is 0 Å². The molecular formula is C17H17N. The lowest BCUT2D eigenvalue weighted by Gasteiger charge is -2.00. The maximum atomic E-state index is 5.42. The Morgan fingerprint density at radius 2 is 1.50 bits per heavy atom. The fourth-order valence-corrected chi connectivity index (χ4v) is 1.73. The maximum absolute atomic E-state index is 5.42. The van der Waals surface area contributed by atoms with Crippen molar-refractivity contribution in [3.63, 3.8) is 0 Å². The number of benzene rings is 2. The minimum Gasteiger partial charge on any atom is -0.330 e. The van der Waals surface area contributed by atoms with E-state index in [1.165, 1.54) is 11.1 Å². The van der Waals surface area contributed by atoms with Gasteiger partial charge in [0.15, 0.2) is 0 Å². The second kappa shape index (κ2) is 6.64. The topological polar surface area (TPSA) is 26.0 Å². The molecule has 0 unspecified atom stereocenters. The molecule has 0 aliphatic rings. The van der Waals surface area contributed by atoms with Crippen molar-refractivity contribution >= 4 is 0 Å². The summed E-state index contributed by atoms with van der Waals surface area (Å²) in [6, 6.07) is 18.7.